The fraction of sp³-hybridized carbons (Fsp3) is 0.312. The summed E-state index contributed by atoms with van der Waals surface area (Å²) in [5.74, 6) is -0.862. The van der Waals surface area contributed by atoms with Crippen LogP contribution < -0.4 is 5.32 Å². The van der Waals surface area contributed by atoms with Crippen LogP contribution in [0.5, 0.6) is 0 Å². The maximum absolute atomic E-state index is 11.5. The molecular weight excluding hydrogens is 238 g/mol. The van der Waals surface area contributed by atoms with Crippen LogP contribution in [0.2, 0.25) is 0 Å². The quantitative estimate of drug-likeness (QED) is 0.877. The van der Waals surface area contributed by atoms with Crippen molar-refractivity contribution in [2.75, 3.05) is 5.32 Å². The molecule has 100 valence electrons. The summed E-state index contributed by atoms with van der Waals surface area (Å²) in [5.41, 5.74) is -0.124. The van der Waals surface area contributed by atoms with Crippen LogP contribution in [0.3, 0.4) is 0 Å². The molecular formula is C16H19NO2. The van der Waals surface area contributed by atoms with Crippen LogP contribution in [-0.2, 0) is 4.79 Å². The van der Waals surface area contributed by atoms with E-state index in [9.17, 15) is 9.90 Å². The molecule has 0 amide bonds. The molecule has 0 spiro atoms. The van der Waals surface area contributed by atoms with E-state index in [2.05, 4.69) is 5.32 Å². The highest BCUT2D eigenvalue weighted by Gasteiger charge is 2.36. The molecule has 0 saturated carbocycles. The normalized spacial score (nSPS) is 14.3. The smallest absolute Gasteiger partial charge is 0.329 e. The molecule has 1 atom stereocenters. The number of anilines is 1. The van der Waals surface area contributed by atoms with Crippen LogP contribution >= 0.6 is 0 Å². The molecule has 0 fully saturated rings. The Hall–Kier alpha value is -2.03. The van der Waals surface area contributed by atoms with Gasteiger partial charge in [0.15, 0.2) is 0 Å². The molecule has 3 nitrogen and oxygen atoms in total. The van der Waals surface area contributed by atoms with Crippen LogP contribution in [0.15, 0.2) is 42.5 Å². The Morgan fingerprint density at radius 3 is 2.42 bits per heavy atom. The van der Waals surface area contributed by atoms with Gasteiger partial charge in [-0.05, 0) is 24.3 Å². The zero-order chi connectivity index (χ0) is 14.0. The van der Waals surface area contributed by atoms with Gasteiger partial charge in [0.25, 0.3) is 0 Å². The van der Waals surface area contributed by atoms with Gasteiger partial charge in [-0.15, -0.1) is 0 Å². The number of rotatable bonds is 4. The van der Waals surface area contributed by atoms with Crippen molar-refractivity contribution in [3.63, 3.8) is 0 Å². The zero-order valence-corrected chi connectivity index (χ0v) is 11.5. The number of aliphatic carboxylic acids is 1. The van der Waals surface area contributed by atoms with Crippen LogP contribution in [0.25, 0.3) is 10.8 Å². The highest BCUT2D eigenvalue weighted by atomic mass is 16.4. The largest absolute Gasteiger partial charge is 0.480 e. The van der Waals surface area contributed by atoms with E-state index in [1.54, 1.807) is 6.92 Å². The zero-order valence-electron chi connectivity index (χ0n) is 11.5. The first kappa shape index (κ1) is 13.4. The van der Waals surface area contributed by atoms with Crippen molar-refractivity contribution in [2.45, 2.75) is 26.3 Å². The Kier molecular flexibility index (Phi) is 3.47. The molecule has 19 heavy (non-hydrogen) atoms. The maximum Gasteiger partial charge on any atom is 0.329 e. The minimum Gasteiger partial charge on any atom is -0.480 e. The summed E-state index contributed by atoms with van der Waals surface area (Å²) in [6.07, 6.45) is 0. The first-order valence-corrected chi connectivity index (χ1v) is 6.44. The van der Waals surface area contributed by atoms with Gasteiger partial charge in [-0.25, -0.2) is 4.79 Å². The second kappa shape index (κ2) is 4.92. The van der Waals surface area contributed by atoms with Crippen molar-refractivity contribution in [3.8, 4) is 0 Å². The SMILES string of the molecule is CC(C)[C@](C)(Nc1cccc2ccccc12)C(=O)O. The molecule has 0 heterocycles. The number of fused-ring (bicyclic) bond motifs is 1. The van der Waals surface area contributed by atoms with Gasteiger partial charge in [-0.2, -0.15) is 0 Å². The van der Waals surface area contributed by atoms with Crippen LogP contribution in [-0.4, -0.2) is 16.6 Å². The molecule has 0 unspecified atom stereocenters. The van der Waals surface area contributed by atoms with Gasteiger partial charge < -0.3 is 10.4 Å². The second-order valence-corrected chi connectivity index (χ2v) is 5.31. The Morgan fingerprint density at radius 2 is 1.79 bits per heavy atom. The van der Waals surface area contributed by atoms with E-state index in [1.807, 2.05) is 56.3 Å². The lowest BCUT2D eigenvalue weighted by Crippen LogP contribution is -2.48. The van der Waals surface area contributed by atoms with Gasteiger partial charge in [0.1, 0.15) is 5.54 Å². The molecule has 0 radical (unpaired) electrons. The lowest BCUT2D eigenvalue weighted by atomic mass is 9.88. The van der Waals surface area contributed by atoms with E-state index >= 15 is 0 Å². The van der Waals surface area contributed by atoms with Crippen LogP contribution in [0.1, 0.15) is 20.8 Å². The third-order valence-electron chi connectivity index (χ3n) is 3.78. The first-order valence-electron chi connectivity index (χ1n) is 6.44. The maximum atomic E-state index is 11.5. The molecule has 0 bridgehead atoms. The van der Waals surface area contributed by atoms with Crippen molar-refractivity contribution in [1.29, 1.82) is 0 Å². The minimum atomic E-state index is -0.982. The number of nitrogens with one attached hydrogen (secondary N) is 1. The highest BCUT2D eigenvalue weighted by Crippen LogP contribution is 2.29. The average Bonchev–Trinajstić information content (AvgIpc) is 2.38. The lowest BCUT2D eigenvalue weighted by Gasteiger charge is -2.31. The van der Waals surface area contributed by atoms with E-state index in [4.69, 9.17) is 0 Å². The van der Waals surface area contributed by atoms with Gasteiger partial charge in [0.2, 0.25) is 0 Å². The van der Waals surface area contributed by atoms with Crippen molar-refractivity contribution < 1.29 is 9.90 Å². The fourth-order valence-electron chi connectivity index (χ4n) is 2.06. The third-order valence-corrected chi connectivity index (χ3v) is 3.78. The average molecular weight is 257 g/mol. The Morgan fingerprint density at radius 1 is 1.16 bits per heavy atom. The van der Waals surface area contributed by atoms with Crippen molar-refractivity contribution >= 4 is 22.4 Å². The van der Waals surface area contributed by atoms with Gasteiger partial charge in [0, 0.05) is 11.1 Å². The van der Waals surface area contributed by atoms with Gasteiger partial charge in [-0.1, -0.05) is 50.2 Å². The van der Waals surface area contributed by atoms with E-state index in [0.29, 0.717) is 0 Å². The Balaban J connectivity index is 2.48. The van der Waals surface area contributed by atoms with Gasteiger partial charge in [-0.3, -0.25) is 0 Å². The molecule has 2 aromatic rings. The Labute approximate surface area is 113 Å². The standard InChI is InChI=1S/C16H19NO2/c1-11(2)16(3,15(18)19)17-14-10-6-8-12-7-4-5-9-13(12)14/h4-11,17H,1-3H3,(H,18,19)/t16-/m0/s1. The summed E-state index contributed by atoms with van der Waals surface area (Å²) < 4.78 is 0. The van der Waals surface area contributed by atoms with E-state index < -0.39 is 11.5 Å². The molecule has 2 rings (SSSR count). The van der Waals surface area contributed by atoms with Crippen molar-refractivity contribution in [1.82, 2.24) is 0 Å². The topological polar surface area (TPSA) is 49.3 Å². The summed E-state index contributed by atoms with van der Waals surface area (Å²) in [5, 5.41) is 14.8. The molecule has 0 aliphatic carbocycles. The number of carboxylic acids is 1. The van der Waals surface area contributed by atoms with E-state index in [-0.39, 0.29) is 5.92 Å². The predicted molar refractivity (Wildman–Crippen MR) is 78.4 cm³/mol. The predicted octanol–water partition coefficient (Wildman–Crippen LogP) is 3.75. The van der Waals surface area contributed by atoms with Crippen LogP contribution in [0.4, 0.5) is 5.69 Å². The number of carbonyl (C=O) groups is 1. The number of benzene rings is 2. The van der Waals surface area contributed by atoms with Crippen molar-refractivity contribution in [3.05, 3.63) is 42.5 Å². The monoisotopic (exact) mass is 257 g/mol. The summed E-state index contributed by atoms with van der Waals surface area (Å²) in [4.78, 5) is 11.5. The number of hydrogen-bond acceptors (Lipinski definition) is 2. The second-order valence-electron chi connectivity index (χ2n) is 5.31. The molecule has 2 N–H and O–H groups in total. The molecule has 0 aliphatic heterocycles. The molecule has 0 saturated heterocycles. The molecule has 0 aromatic heterocycles. The minimum absolute atomic E-state index is 0.0241. The van der Waals surface area contributed by atoms with Crippen LogP contribution in [0, 0.1) is 5.92 Å². The van der Waals surface area contributed by atoms with Crippen molar-refractivity contribution in [2.24, 2.45) is 5.92 Å². The highest BCUT2D eigenvalue weighted by molar-refractivity contribution is 5.96. The van der Waals surface area contributed by atoms with Gasteiger partial charge >= 0.3 is 5.97 Å². The van der Waals surface area contributed by atoms with E-state index in [1.165, 1.54) is 0 Å². The molecule has 0 aliphatic rings. The first-order chi connectivity index (χ1) is 8.95. The third kappa shape index (κ3) is 2.41. The fourth-order valence-corrected chi connectivity index (χ4v) is 2.06. The summed E-state index contributed by atoms with van der Waals surface area (Å²) >= 11 is 0. The Bertz CT molecular complexity index is 601. The summed E-state index contributed by atoms with van der Waals surface area (Å²) in [6.45, 7) is 5.54. The molecule has 3 heteroatoms. The van der Waals surface area contributed by atoms with Gasteiger partial charge in [0.05, 0.1) is 0 Å². The lowest BCUT2D eigenvalue weighted by molar-refractivity contribution is -0.143. The summed E-state index contributed by atoms with van der Waals surface area (Å²) in [7, 11) is 0. The number of hydrogen-bond donors (Lipinski definition) is 2. The number of carboxylic acid groups (broad SMARTS) is 1. The van der Waals surface area contributed by atoms with E-state index in [0.717, 1.165) is 16.5 Å². The summed E-state index contributed by atoms with van der Waals surface area (Å²) in [6, 6.07) is 13.8. The molecule has 2 aromatic carbocycles.